The molecule has 0 radical (unpaired) electrons. The zero-order chi connectivity index (χ0) is 18.1. The number of ether oxygens (including phenoxy) is 1. The van der Waals surface area contributed by atoms with Gasteiger partial charge in [-0.05, 0) is 25.2 Å². The summed E-state index contributed by atoms with van der Waals surface area (Å²) in [6.07, 6.45) is 0.462. The predicted octanol–water partition coefficient (Wildman–Crippen LogP) is 2.00. The topological polar surface area (TPSA) is 80.8 Å². The van der Waals surface area contributed by atoms with Gasteiger partial charge < -0.3 is 15.3 Å². The van der Waals surface area contributed by atoms with Crippen molar-refractivity contribution in [2.24, 2.45) is 19.2 Å². The van der Waals surface area contributed by atoms with Crippen LogP contribution in [0.4, 0.5) is 0 Å². The Bertz CT molecular complexity index is 961. The summed E-state index contributed by atoms with van der Waals surface area (Å²) in [4.78, 5) is 12.6. The molecule has 1 aliphatic rings. The highest BCUT2D eigenvalue weighted by atomic mass is 32.1. The molecule has 0 saturated heterocycles. The van der Waals surface area contributed by atoms with Gasteiger partial charge in [-0.25, -0.2) is 0 Å². The number of aromatic hydroxyl groups is 1. The first-order chi connectivity index (χ1) is 12.0. The van der Waals surface area contributed by atoms with Crippen LogP contribution in [0, 0.1) is 4.77 Å². The van der Waals surface area contributed by atoms with Gasteiger partial charge in [-0.1, -0.05) is 18.2 Å². The fourth-order valence-corrected chi connectivity index (χ4v) is 3.09. The lowest BCUT2D eigenvalue weighted by Crippen LogP contribution is -2.28. The fraction of sp³-hybridized carbons (Fsp3) is 0.353. The summed E-state index contributed by atoms with van der Waals surface area (Å²) < 4.78 is 8.64. The van der Waals surface area contributed by atoms with Gasteiger partial charge in [0.1, 0.15) is 11.3 Å². The van der Waals surface area contributed by atoms with E-state index in [0.29, 0.717) is 18.7 Å². The molecule has 0 saturated carbocycles. The minimum Gasteiger partial charge on any atom is -0.494 e. The van der Waals surface area contributed by atoms with Crippen molar-refractivity contribution in [1.29, 1.82) is 0 Å². The van der Waals surface area contributed by atoms with E-state index in [1.807, 2.05) is 31.2 Å². The maximum absolute atomic E-state index is 12.6. The first-order valence-corrected chi connectivity index (χ1v) is 8.39. The van der Waals surface area contributed by atoms with Crippen molar-refractivity contribution in [2.75, 3.05) is 6.61 Å². The molecule has 2 heterocycles. The lowest BCUT2D eigenvalue weighted by Gasteiger charge is -2.15. The average molecular weight is 360 g/mol. The predicted molar refractivity (Wildman–Crippen MR) is 97.8 cm³/mol. The van der Waals surface area contributed by atoms with Crippen molar-refractivity contribution < 1.29 is 9.84 Å². The molecule has 1 atom stereocenters. The van der Waals surface area contributed by atoms with E-state index in [0.717, 1.165) is 11.3 Å². The Morgan fingerprint density at radius 2 is 2.08 bits per heavy atom. The van der Waals surface area contributed by atoms with E-state index in [1.54, 1.807) is 14.1 Å². The Balaban J connectivity index is 1.98. The van der Waals surface area contributed by atoms with Crippen molar-refractivity contribution in [3.05, 3.63) is 50.5 Å². The second-order valence-corrected chi connectivity index (χ2v) is 6.18. The van der Waals surface area contributed by atoms with E-state index in [-0.39, 0.29) is 27.8 Å². The molecule has 0 spiro atoms. The van der Waals surface area contributed by atoms with E-state index < -0.39 is 0 Å². The highest BCUT2D eigenvalue weighted by molar-refractivity contribution is 7.71. The van der Waals surface area contributed by atoms with E-state index in [4.69, 9.17) is 17.0 Å². The molecule has 1 aromatic carbocycles. The maximum atomic E-state index is 12.6. The molecular formula is C17H20N4O3S. The highest BCUT2D eigenvalue weighted by Gasteiger charge is 2.28. The molecule has 0 fully saturated rings. The van der Waals surface area contributed by atoms with Gasteiger partial charge in [0.05, 0.1) is 18.4 Å². The molecule has 3 rings (SSSR count). The molecule has 1 aliphatic heterocycles. The number of hydrogen-bond donors (Lipinski definition) is 2. The second kappa shape index (κ2) is 6.72. The fourth-order valence-electron chi connectivity index (χ4n) is 2.92. The number of aromatic nitrogens is 2. The zero-order valence-corrected chi connectivity index (χ0v) is 15.1. The number of para-hydroxylation sites is 1. The van der Waals surface area contributed by atoms with Crippen LogP contribution in [0.5, 0.6) is 11.6 Å². The van der Waals surface area contributed by atoms with Crippen molar-refractivity contribution in [1.82, 2.24) is 14.6 Å². The number of hydrogen-bond acceptors (Lipinski definition) is 6. The quantitative estimate of drug-likeness (QED) is 0.815. The number of hydrazone groups is 1. The van der Waals surface area contributed by atoms with Crippen molar-refractivity contribution in [2.45, 2.75) is 19.4 Å². The first-order valence-electron chi connectivity index (χ1n) is 7.98. The van der Waals surface area contributed by atoms with Gasteiger partial charge in [-0.2, -0.15) is 5.10 Å². The van der Waals surface area contributed by atoms with Crippen LogP contribution in [0.1, 0.15) is 30.5 Å². The number of rotatable bonds is 4. The summed E-state index contributed by atoms with van der Waals surface area (Å²) in [5, 5.41) is 14.7. The van der Waals surface area contributed by atoms with Crippen molar-refractivity contribution in [3.8, 4) is 11.6 Å². The van der Waals surface area contributed by atoms with Crippen LogP contribution in [0.3, 0.4) is 0 Å². The third kappa shape index (κ3) is 2.93. The molecular weight excluding hydrogens is 340 g/mol. The van der Waals surface area contributed by atoms with Crippen LogP contribution in [0.2, 0.25) is 0 Å². The lowest BCUT2D eigenvalue weighted by molar-refractivity contribution is 0.332. The second-order valence-electron chi connectivity index (χ2n) is 5.82. The number of nitrogens with zero attached hydrogens (tertiary/aromatic N) is 3. The third-order valence-electron chi connectivity index (χ3n) is 4.27. The normalized spacial score (nSPS) is 16.4. The van der Waals surface area contributed by atoms with Crippen LogP contribution >= 0.6 is 12.2 Å². The van der Waals surface area contributed by atoms with Crippen molar-refractivity contribution >= 4 is 17.9 Å². The number of nitrogens with one attached hydrogen (secondary N) is 1. The summed E-state index contributed by atoms with van der Waals surface area (Å²) in [5.74, 6) is 0.606. The SMILES string of the molecule is CCOc1ccccc1[C@@H]1CC(c2c(O)n(C)c(=S)n(C)c2=O)=NN1. The van der Waals surface area contributed by atoms with Gasteiger partial charge in [0.25, 0.3) is 5.56 Å². The highest BCUT2D eigenvalue weighted by Crippen LogP contribution is 2.32. The minimum absolute atomic E-state index is 0.129. The van der Waals surface area contributed by atoms with Gasteiger partial charge in [0.2, 0.25) is 5.88 Å². The maximum Gasteiger partial charge on any atom is 0.267 e. The molecule has 8 heteroatoms. The zero-order valence-electron chi connectivity index (χ0n) is 14.3. The largest absolute Gasteiger partial charge is 0.494 e. The molecule has 1 aromatic heterocycles. The first kappa shape index (κ1) is 17.2. The third-order valence-corrected chi connectivity index (χ3v) is 4.82. The van der Waals surface area contributed by atoms with E-state index in [2.05, 4.69) is 10.5 Å². The molecule has 0 amide bonds. The molecule has 2 N–H and O–H groups in total. The minimum atomic E-state index is -0.361. The standard InChI is InChI=1S/C17H20N4O3S/c1-4-24-13-8-6-5-7-10(13)11-9-12(19-18-11)14-15(22)20(2)17(25)21(3)16(14)23/h5-8,11,18,22H,4,9H2,1-3H3/t11-/m0/s1. The van der Waals surface area contributed by atoms with Crippen LogP contribution in [0.25, 0.3) is 0 Å². The van der Waals surface area contributed by atoms with Gasteiger partial charge in [-0.3, -0.25) is 13.9 Å². The Labute approximate surface area is 150 Å². The average Bonchev–Trinajstić information content (AvgIpc) is 3.09. The van der Waals surface area contributed by atoms with Crippen LogP contribution in [-0.2, 0) is 14.1 Å². The molecule has 0 bridgehead atoms. The van der Waals surface area contributed by atoms with Crippen LogP contribution < -0.4 is 15.7 Å². The van der Waals surface area contributed by atoms with E-state index in [1.165, 1.54) is 9.13 Å². The molecule has 7 nitrogen and oxygen atoms in total. The Morgan fingerprint density at radius 1 is 1.36 bits per heavy atom. The van der Waals surface area contributed by atoms with E-state index >= 15 is 0 Å². The smallest absolute Gasteiger partial charge is 0.267 e. The van der Waals surface area contributed by atoms with Gasteiger partial charge in [-0.15, -0.1) is 0 Å². The van der Waals surface area contributed by atoms with Crippen LogP contribution in [0.15, 0.2) is 34.2 Å². The molecule has 0 aliphatic carbocycles. The summed E-state index contributed by atoms with van der Waals surface area (Å²) in [7, 11) is 3.20. The number of benzene rings is 1. The molecule has 2 aromatic rings. The van der Waals surface area contributed by atoms with Gasteiger partial charge in [0, 0.05) is 26.1 Å². The summed E-state index contributed by atoms with van der Waals surface area (Å²) in [5.41, 5.74) is 4.31. The Morgan fingerprint density at radius 3 is 2.80 bits per heavy atom. The molecule has 25 heavy (non-hydrogen) atoms. The Hall–Kier alpha value is -2.61. The summed E-state index contributed by atoms with van der Waals surface area (Å²) in [6, 6.07) is 7.58. The van der Waals surface area contributed by atoms with E-state index in [9.17, 15) is 9.90 Å². The summed E-state index contributed by atoms with van der Waals surface area (Å²) in [6.45, 7) is 2.49. The Kier molecular flexibility index (Phi) is 4.63. The monoisotopic (exact) mass is 360 g/mol. The molecule has 132 valence electrons. The lowest BCUT2D eigenvalue weighted by atomic mass is 9.99. The van der Waals surface area contributed by atoms with Crippen molar-refractivity contribution in [3.63, 3.8) is 0 Å². The summed E-state index contributed by atoms with van der Waals surface area (Å²) >= 11 is 5.14. The van der Waals surface area contributed by atoms with Gasteiger partial charge in [0.15, 0.2) is 4.77 Å². The van der Waals surface area contributed by atoms with Crippen LogP contribution in [-0.4, -0.2) is 26.6 Å². The van der Waals surface area contributed by atoms with Gasteiger partial charge >= 0.3 is 0 Å². The molecule has 0 unspecified atom stereocenters.